The molecule has 6 heteroatoms. The van der Waals surface area contributed by atoms with E-state index in [0.29, 0.717) is 22.8 Å². The molecule has 28 heavy (non-hydrogen) atoms. The SMILES string of the molecule is COc1ccccc1CC(=O)Nc1ccc(NC(=O)Nc2ccccc2)cc1. The number of amides is 3. The lowest BCUT2D eigenvalue weighted by Crippen LogP contribution is -2.19. The molecule has 3 aromatic rings. The quantitative estimate of drug-likeness (QED) is 0.593. The van der Waals surface area contributed by atoms with Gasteiger partial charge in [-0.1, -0.05) is 36.4 Å². The zero-order valence-corrected chi connectivity index (χ0v) is 15.4. The molecular weight excluding hydrogens is 354 g/mol. The van der Waals surface area contributed by atoms with Gasteiger partial charge in [0, 0.05) is 22.6 Å². The lowest BCUT2D eigenvalue weighted by atomic mass is 10.1. The molecule has 0 radical (unpaired) electrons. The number of hydrogen-bond donors (Lipinski definition) is 3. The summed E-state index contributed by atoms with van der Waals surface area (Å²) in [7, 11) is 1.58. The summed E-state index contributed by atoms with van der Waals surface area (Å²) in [5, 5.41) is 8.33. The Bertz CT molecular complexity index is 941. The van der Waals surface area contributed by atoms with Gasteiger partial charge in [-0.15, -0.1) is 0 Å². The fourth-order valence-electron chi connectivity index (χ4n) is 2.68. The third kappa shape index (κ3) is 5.35. The molecule has 0 bridgehead atoms. The fraction of sp³-hybridized carbons (Fsp3) is 0.0909. The Morgan fingerprint density at radius 1 is 0.714 bits per heavy atom. The van der Waals surface area contributed by atoms with Gasteiger partial charge in [0.05, 0.1) is 13.5 Å². The van der Waals surface area contributed by atoms with E-state index >= 15 is 0 Å². The molecule has 0 aliphatic rings. The fourth-order valence-corrected chi connectivity index (χ4v) is 2.68. The number of urea groups is 1. The van der Waals surface area contributed by atoms with Crippen molar-refractivity contribution in [2.24, 2.45) is 0 Å². The topological polar surface area (TPSA) is 79.5 Å². The van der Waals surface area contributed by atoms with Crippen molar-refractivity contribution in [2.45, 2.75) is 6.42 Å². The number of hydrogen-bond acceptors (Lipinski definition) is 3. The molecule has 0 unspecified atom stereocenters. The number of rotatable bonds is 6. The summed E-state index contributed by atoms with van der Waals surface area (Å²) < 4.78 is 5.27. The van der Waals surface area contributed by atoms with Gasteiger partial charge in [-0.3, -0.25) is 4.79 Å². The second-order valence-corrected chi connectivity index (χ2v) is 6.06. The lowest BCUT2D eigenvalue weighted by Gasteiger charge is -2.10. The summed E-state index contributed by atoms with van der Waals surface area (Å²) >= 11 is 0. The van der Waals surface area contributed by atoms with Crippen LogP contribution in [0.3, 0.4) is 0 Å². The van der Waals surface area contributed by atoms with Crippen LogP contribution in [0.5, 0.6) is 5.75 Å². The number of anilines is 3. The van der Waals surface area contributed by atoms with Gasteiger partial charge in [0.25, 0.3) is 0 Å². The average Bonchev–Trinajstić information content (AvgIpc) is 2.70. The van der Waals surface area contributed by atoms with Crippen molar-refractivity contribution < 1.29 is 14.3 Å². The number of benzene rings is 3. The first-order valence-corrected chi connectivity index (χ1v) is 8.79. The Balaban J connectivity index is 1.54. The minimum Gasteiger partial charge on any atom is -0.496 e. The van der Waals surface area contributed by atoms with E-state index in [1.165, 1.54) is 0 Å². The predicted molar refractivity (Wildman–Crippen MR) is 111 cm³/mol. The maximum Gasteiger partial charge on any atom is 0.323 e. The molecule has 0 heterocycles. The van der Waals surface area contributed by atoms with E-state index in [-0.39, 0.29) is 18.4 Å². The highest BCUT2D eigenvalue weighted by molar-refractivity contribution is 6.00. The monoisotopic (exact) mass is 375 g/mol. The van der Waals surface area contributed by atoms with Crippen LogP contribution in [-0.2, 0) is 11.2 Å². The zero-order valence-electron chi connectivity index (χ0n) is 15.4. The summed E-state index contributed by atoms with van der Waals surface area (Å²) in [6, 6.07) is 23.2. The van der Waals surface area contributed by atoms with Crippen molar-refractivity contribution >= 4 is 29.0 Å². The Morgan fingerprint density at radius 3 is 1.89 bits per heavy atom. The summed E-state index contributed by atoms with van der Waals surface area (Å²) in [5.74, 6) is 0.536. The highest BCUT2D eigenvalue weighted by Crippen LogP contribution is 2.19. The van der Waals surface area contributed by atoms with E-state index in [2.05, 4.69) is 16.0 Å². The van der Waals surface area contributed by atoms with Crippen LogP contribution in [-0.4, -0.2) is 19.0 Å². The standard InChI is InChI=1S/C22H21N3O3/c1-28-20-10-6-5-7-16(20)15-21(26)23-18-11-13-19(14-12-18)25-22(27)24-17-8-3-2-4-9-17/h2-14H,15H2,1H3,(H,23,26)(H2,24,25,27). The van der Waals surface area contributed by atoms with Crippen LogP contribution in [0.15, 0.2) is 78.9 Å². The molecule has 0 fully saturated rings. The van der Waals surface area contributed by atoms with Gasteiger partial charge in [0.1, 0.15) is 5.75 Å². The summed E-state index contributed by atoms with van der Waals surface area (Å²) in [6.45, 7) is 0. The number of methoxy groups -OCH3 is 1. The molecule has 6 nitrogen and oxygen atoms in total. The van der Waals surface area contributed by atoms with Crippen LogP contribution in [0.2, 0.25) is 0 Å². The first-order chi connectivity index (χ1) is 13.6. The molecular formula is C22H21N3O3. The van der Waals surface area contributed by atoms with Crippen LogP contribution in [0.1, 0.15) is 5.56 Å². The van der Waals surface area contributed by atoms with Gasteiger partial charge < -0.3 is 20.7 Å². The summed E-state index contributed by atoms with van der Waals surface area (Å²) in [4.78, 5) is 24.3. The molecule has 0 saturated heterocycles. The molecule has 3 aromatic carbocycles. The van der Waals surface area contributed by atoms with Crippen LogP contribution in [0, 0.1) is 0 Å². The van der Waals surface area contributed by atoms with Crippen molar-refractivity contribution in [1.82, 2.24) is 0 Å². The normalized spacial score (nSPS) is 10.0. The smallest absolute Gasteiger partial charge is 0.323 e. The number of carbonyl (C=O) groups is 2. The molecule has 0 atom stereocenters. The third-order valence-electron chi connectivity index (χ3n) is 4.00. The molecule has 0 saturated carbocycles. The van der Waals surface area contributed by atoms with E-state index < -0.39 is 0 Å². The van der Waals surface area contributed by atoms with Crippen LogP contribution in [0.4, 0.5) is 21.9 Å². The Labute approximate surface area is 163 Å². The molecule has 0 aliphatic heterocycles. The number of ether oxygens (including phenoxy) is 1. The largest absolute Gasteiger partial charge is 0.496 e. The second-order valence-electron chi connectivity index (χ2n) is 6.06. The Morgan fingerprint density at radius 2 is 1.25 bits per heavy atom. The number of carbonyl (C=O) groups excluding carboxylic acids is 2. The van der Waals surface area contributed by atoms with E-state index in [0.717, 1.165) is 5.56 Å². The van der Waals surface area contributed by atoms with Gasteiger partial charge in [-0.05, 0) is 42.5 Å². The second kappa shape index (κ2) is 9.23. The summed E-state index contributed by atoms with van der Waals surface area (Å²) in [6.07, 6.45) is 0.212. The van der Waals surface area contributed by atoms with Gasteiger partial charge in [0.15, 0.2) is 0 Å². The van der Waals surface area contributed by atoms with Crippen molar-refractivity contribution in [3.05, 3.63) is 84.4 Å². The minimum atomic E-state index is -0.334. The van der Waals surface area contributed by atoms with Gasteiger partial charge in [-0.25, -0.2) is 4.79 Å². The molecule has 3 rings (SSSR count). The van der Waals surface area contributed by atoms with Gasteiger partial charge in [0.2, 0.25) is 5.91 Å². The van der Waals surface area contributed by atoms with Crippen molar-refractivity contribution in [3.8, 4) is 5.75 Å². The molecule has 0 aromatic heterocycles. The van der Waals surface area contributed by atoms with E-state index in [1.807, 2.05) is 42.5 Å². The van der Waals surface area contributed by atoms with Gasteiger partial charge in [-0.2, -0.15) is 0 Å². The maximum atomic E-state index is 12.3. The number of nitrogens with one attached hydrogen (secondary N) is 3. The van der Waals surface area contributed by atoms with E-state index in [9.17, 15) is 9.59 Å². The highest BCUT2D eigenvalue weighted by Gasteiger charge is 2.09. The molecule has 142 valence electrons. The first kappa shape index (κ1) is 19.0. The molecule has 3 N–H and O–H groups in total. The van der Waals surface area contributed by atoms with Gasteiger partial charge >= 0.3 is 6.03 Å². The maximum absolute atomic E-state index is 12.3. The predicted octanol–water partition coefficient (Wildman–Crippen LogP) is 4.52. The molecule has 3 amide bonds. The number of para-hydroxylation sites is 2. The minimum absolute atomic E-state index is 0.146. The van der Waals surface area contributed by atoms with Crippen LogP contribution >= 0.6 is 0 Å². The average molecular weight is 375 g/mol. The lowest BCUT2D eigenvalue weighted by molar-refractivity contribution is -0.115. The van der Waals surface area contributed by atoms with Crippen molar-refractivity contribution in [2.75, 3.05) is 23.1 Å². The summed E-state index contributed by atoms with van der Waals surface area (Å²) in [5.41, 5.74) is 2.80. The third-order valence-corrected chi connectivity index (χ3v) is 4.00. The first-order valence-electron chi connectivity index (χ1n) is 8.79. The van der Waals surface area contributed by atoms with E-state index in [1.54, 1.807) is 43.5 Å². The Kier molecular flexibility index (Phi) is 6.25. The molecule has 0 spiro atoms. The van der Waals surface area contributed by atoms with Crippen LogP contribution < -0.4 is 20.7 Å². The van der Waals surface area contributed by atoms with Crippen molar-refractivity contribution in [3.63, 3.8) is 0 Å². The molecule has 0 aliphatic carbocycles. The zero-order chi connectivity index (χ0) is 19.8. The highest BCUT2D eigenvalue weighted by atomic mass is 16.5. The van der Waals surface area contributed by atoms with Crippen molar-refractivity contribution in [1.29, 1.82) is 0 Å². The van der Waals surface area contributed by atoms with E-state index in [4.69, 9.17) is 4.74 Å². The Hall–Kier alpha value is -3.80. The van der Waals surface area contributed by atoms with Crippen LogP contribution in [0.25, 0.3) is 0 Å².